The maximum absolute atomic E-state index is 12.2. The molecule has 23 heavy (non-hydrogen) atoms. The molecule has 2 heterocycles. The lowest BCUT2D eigenvalue weighted by Gasteiger charge is -2.03. The molecule has 1 aromatic carbocycles. The summed E-state index contributed by atoms with van der Waals surface area (Å²) in [5, 5.41) is 6.78. The van der Waals surface area contributed by atoms with E-state index in [1.807, 2.05) is 0 Å². The van der Waals surface area contributed by atoms with E-state index in [0.717, 1.165) is 24.2 Å². The van der Waals surface area contributed by atoms with Gasteiger partial charge < -0.3 is 14.3 Å². The number of hydrogen-bond acceptors (Lipinski definition) is 6. The van der Waals surface area contributed by atoms with Crippen LogP contribution in [-0.4, -0.2) is 27.6 Å². The first-order valence-corrected chi connectivity index (χ1v) is 7.67. The van der Waals surface area contributed by atoms with Gasteiger partial charge in [0, 0.05) is 31.4 Å². The smallest absolute Gasteiger partial charge is 0.251 e. The van der Waals surface area contributed by atoms with Crippen LogP contribution in [0.2, 0.25) is 0 Å². The van der Waals surface area contributed by atoms with Crippen LogP contribution in [0.15, 0.2) is 27.1 Å². The van der Waals surface area contributed by atoms with E-state index in [4.69, 9.17) is 8.94 Å². The Morgan fingerprint density at radius 2 is 2.22 bits per heavy atom. The number of fused-ring (bicyclic) bond motifs is 1. The third-order valence-electron chi connectivity index (χ3n) is 3.80. The number of aromatic nitrogens is 3. The number of nitrogens with one attached hydrogen (secondary N) is 1. The second-order valence-electron chi connectivity index (χ2n) is 5.74. The number of nitrogens with zero attached hydrogens (tertiary/aromatic N) is 3. The number of oxazole rings is 1. The Morgan fingerprint density at radius 3 is 3.04 bits per heavy atom. The minimum absolute atomic E-state index is 0.160. The molecule has 1 aliphatic rings. The number of aryl methyl sites for hydroxylation is 1. The average Bonchev–Trinajstić information content (AvgIpc) is 3.16. The summed E-state index contributed by atoms with van der Waals surface area (Å²) in [7, 11) is 0. The fourth-order valence-corrected chi connectivity index (χ4v) is 2.44. The van der Waals surface area contributed by atoms with Gasteiger partial charge in [0.15, 0.2) is 17.3 Å². The largest absolute Gasteiger partial charge is 0.441 e. The molecule has 7 heteroatoms. The predicted molar refractivity (Wildman–Crippen MR) is 81.1 cm³/mol. The van der Waals surface area contributed by atoms with Crippen molar-refractivity contribution in [3.8, 4) is 0 Å². The van der Waals surface area contributed by atoms with Crippen LogP contribution < -0.4 is 5.32 Å². The number of carbonyl (C=O) groups is 1. The molecule has 4 rings (SSSR count). The molecular weight excluding hydrogens is 296 g/mol. The van der Waals surface area contributed by atoms with Crippen molar-refractivity contribution in [3.63, 3.8) is 0 Å². The van der Waals surface area contributed by atoms with Gasteiger partial charge in [-0.15, -0.1) is 0 Å². The molecule has 1 aliphatic carbocycles. The van der Waals surface area contributed by atoms with Gasteiger partial charge in [0.2, 0.25) is 5.89 Å². The van der Waals surface area contributed by atoms with E-state index in [0.29, 0.717) is 41.7 Å². The maximum atomic E-state index is 12.2. The van der Waals surface area contributed by atoms with Crippen LogP contribution in [0, 0.1) is 6.92 Å². The van der Waals surface area contributed by atoms with Crippen LogP contribution in [0.3, 0.4) is 0 Å². The van der Waals surface area contributed by atoms with Gasteiger partial charge in [-0.25, -0.2) is 4.98 Å². The Kier molecular flexibility index (Phi) is 3.33. The van der Waals surface area contributed by atoms with E-state index in [9.17, 15) is 4.79 Å². The summed E-state index contributed by atoms with van der Waals surface area (Å²) in [5.74, 6) is 2.22. The highest BCUT2D eigenvalue weighted by Gasteiger charge is 2.29. The third-order valence-corrected chi connectivity index (χ3v) is 3.80. The predicted octanol–water partition coefficient (Wildman–Crippen LogP) is 2.37. The van der Waals surface area contributed by atoms with Crippen molar-refractivity contribution in [2.24, 2.45) is 0 Å². The first kappa shape index (κ1) is 13.9. The second-order valence-corrected chi connectivity index (χ2v) is 5.74. The van der Waals surface area contributed by atoms with Gasteiger partial charge in [-0.2, -0.15) is 4.98 Å². The van der Waals surface area contributed by atoms with Crippen LogP contribution >= 0.6 is 0 Å². The molecule has 0 spiro atoms. The Bertz CT molecular complexity index is 863. The van der Waals surface area contributed by atoms with Gasteiger partial charge >= 0.3 is 0 Å². The van der Waals surface area contributed by atoms with E-state index in [1.165, 1.54) is 0 Å². The monoisotopic (exact) mass is 312 g/mol. The Hall–Kier alpha value is -2.70. The highest BCUT2D eigenvalue weighted by Crippen LogP contribution is 2.38. The average molecular weight is 312 g/mol. The summed E-state index contributed by atoms with van der Waals surface area (Å²) in [6, 6.07) is 5.21. The molecule has 1 N–H and O–H groups in total. The number of amides is 1. The minimum Gasteiger partial charge on any atom is -0.441 e. The molecular formula is C16H16N4O3. The van der Waals surface area contributed by atoms with Crippen LogP contribution in [0.25, 0.3) is 11.1 Å². The number of carbonyl (C=O) groups excluding carboxylic acids is 1. The van der Waals surface area contributed by atoms with E-state index in [-0.39, 0.29) is 5.91 Å². The molecule has 0 saturated heterocycles. The number of hydrogen-bond donors (Lipinski definition) is 1. The van der Waals surface area contributed by atoms with Crippen molar-refractivity contribution in [2.75, 3.05) is 6.54 Å². The molecule has 0 unspecified atom stereocenters. The normalized spacial score (nSPS) is 14.3. The zero-order valence-electron chi connectivity index (χ0n) is 12.7. The molecule has 1 amide bonds. The van der Waals surface area contributed by atoms with E-state index < -0.39 is 0 Å². The van der Waals surface area contributed by atoms with Crippen molar-refractivity contribution in [1.29, 1.82) is 0 Å². The van der Waals surface area contributed by atoms with Crippen molar-refractivity contribution >= 4 is 17.0 Å². The first-order chi connectivity index (χ1) is 11.2. The van der Waals surface area contributed by atoms with E-state index in [2.05, 4.69) is 20.4 Å². The van der Waals surface area contributed by atoms with Crippen LogP contribution in [0.4, 0.5) is 0 Å². The molecule has 0 aliphatic heterocycles. The third kappa shape index (κ3) is 2.94. The van der Waals surface area contributed by atoms with Gasteiger partial charge in [-0.1, -0.05) is 5.16 Å². The lowest BCUT2D eigenvalue weighted by molar-refractivity contribution is 0.0954. The standard InChI is InChI=1S/C16H16N4O3/c1-9-18-12-5-4-11(8-13(12)22-9)15(21)17-7-6-14-19-16(23-20-14)10-2-3-10/h4-5,8,10H,2-3,6-7H2,1H3,(H,17,21). The Balaban J connectivity index is 1.36. The van der Waals surface area contributed by atoms with Gasteiger partial charge in [0.05, 0.1) is 0 Å². The van der Waals surface area contributed by atoms with Crippen molar-refractivity contribution < 1.29 is 13.7 Å². The molecule has 0 atom stereocenters. The summed E-state index contributed by atoms with van der Waals surface area (Å²) in [6.07, 6.45) is 2.80. The SMILES string of the molecule is Cc1nc2ccc(C(=O)NCCc3noc(C4CC4)n3)cc2o1. The van der Waals surface area contributed by atoms with Crippen molar-refractivity contribution in [3.05, 3.63) is 41.4 Å². The highest BCUT2D eigenvalue weighted by atomic mass is 16.5. The van der Waals surface area contributed by atoms with Gasteiger partial charge in [-0.3, -0.25) is 4.79 Å². The fourth-order valence-electron chi connectivity index (χ4n) is 2.44. The first-order valence-electron chi connectivity index (χ1n) is 7.67. The Morgan fingerprint density at radius 1 is 1.35 bits per heavy atom. The summed E-state index contributed by atoms with van der Waals surface area (Å²) < 4.78 is 10.6. The molecule has 7 nitrogen and oxygen atoms in total. The molecule has 0 radical (unpaired) electrons. The summed E-state index contributed by atoms with van der Waals surface area (Å²) in [6.45, 7) is 2.23. The topological polar surface area (TPSA) is 94.1 Å². The molecule has 0 bridgehead atoms. The van der Waals surface area contributed by atoms with Gasteiger partial charge in [0.25, 0.3) is 5.91 Å². The molecule has 118 valence electrons. The molecule has 2 aromatic heterocycles. The summed E-state index contributed by atoms with van der Waals surface area (Å²) >= 11 is 0. The second kappa shape index (κ2) is 5.49. The number of benzene rings is 1. The molecule has 3 aromatic rings. The van der Waals surface area contributed by atoms with Crippen LogP contribution in [0.1, 0.15) is 46.7 Å². The fraction of sp³-hybridized carbons (Fsp3) is 0.375. The lowest BCUT2D eigenvalue weighted by Crippen LogP contribution is -2.25. The molecule has 1 saturated carbocycles. The van der Waals surface area contributed by atoms with Gasteiger partial charge in [-0.05, 0) is 31.0 Å². The highest BCUT2D eigenvalue weighted by molar-refractivity contribution is 5.96. The van der Waals surface area contributed by atoms with E-state index >= 15 is 0 Å². The van der Waals surface area contributed by atoms with Crippen molar-refractivity contribution in [1.82, 2.24) is 20.4 Å². The lowest BCUT2D eigenvalue weighted by atomic mass is 10.2. The Labute approximate surface area is 132 Å². The molecule has 1 fully saturated rings. The van der Waals surface area contributed by atoms with Gasteiger partial charge in [0.1, 0.15) is 5.52 Å². The van der Waals surface area contributed by atoms with Crippen molar-refractivity contribution in [2.45, 2.75) is 32.1 Å². The maximum Gasteiger partial charge on any atom is 0.251 e. The van der Waals surface area contributed by atoms with Crippen LogP contribution in [0.5, 0.6) is 0 Å². The summed E-state index contributed by atoms with van der Waals surface area (Å²) in [4.78, 5) is 20.7. The zero-order valence-corrected chi connectivity index (χ0v) is 12.7. The van der Waals surface area contributed by atoms with E-state index in [1.54, 1.807) is 25.1 Å². The van der Waals surface area contributed by atoms with Crippen LogP contribution in [-0.2, 0) is 6.42 Å². The number of rotatable bonds is 5. The minimum atomic E-state index is -0.160. The zero-order chi connectivity index (χ0) is 15.8. The quantitative estimate of drug-likeness (QED) is 0.777. The summed E-state index contributed by atoms with van der Waals surface area (Å²) in [5.41, 5.74) is 1.90.